The minimum Gasteiger partial charge on any atom is -0.339 e. The number of amides is 3. The third kappa shape index (κ3) is 4.42. The molecule has 1 aliphatic heterocycles. The van der Waals surface area contributed by atoms with Crippen LogP contribution in [0, 0.1) is 5.82 Å². The molecule has 6 nitrogen and oxygen atoms in total. The number of benzene rings is 1. The van der Waals surface area contributed by atoms with Gasteiger partial charge in [0.25, 0.3) is 0 Å². The van der Waals surface area contributed by atoms with E-state index < -0.39 is 11.8 Å². The van der Waals surface area contributed by atoms with E-state index in [0.29, 0.717) is 18.8 Å². The lowest BCUT2D eigenvalue weighted by atomic mass is 10.3. The SMILES string of the molecule is CN(CC(=O)N1CCNCC1)C(=O)Nc1cccc(F)c1. The molecule has 21 heavy (non-hydrogen) atoms. The Morgan fingerprint density at radius 2 is 2.10 bits per heavy atom. The van der Waals surface area contributed by atoms with E-state index in [0.717, 1.165) is 13.1 Å². The van der Waals surface area contributed by atoms with Crippen molar-refractivity contribution in [3.05, 3.63) is 30.1 Å². The number of anilines is 1. The van der Waals surface area contributed by atoms with Crippen LogP contribution in [0.4, 0.5) is 14.9 Å². The predicted octanol–water partition coefficient (Wildman–Crippen LogP) is 0.721. The Kier molecular flexibility index (Phi) is 5.10. The number of nitrogens with one attached hydrogen (secondary N) is 2. The van der Waals surface area contributed by atoms with Gasteiger partial charge in [-0.1, -0.05) is 6.07 Å². The molecule has 1 fully saturated rings. The highest BCUT2D eigenvalue weighted by atomic mass is 19.1. The number of nitrogens with zero attached hydrogens (tertiary/aromatic N) is 2. The summed E-state index contributed by atoms with van der Waals surface area (Å²) in [7, 11) is 1.54. The van der Waals surface area contributed by atoms with Crippen molar-refractivity contribution in [2.75, 3.05) is 45.1 Å². The van der Waals surface area contributed by atoms with Gasteiger partial charge in [0.1, 0.15) is 12.4 Å². The van der Waals surface area contributed by atoms with Crippen LogP contribution >= 0.6 is 0 Å². The molecule has 0 aromatic heterocycles. The summed E-state index contributed by atoms with van der Waals surface area (Å²) in [4.78, 5) is 27.0. The summed E-state index contributed by atoms with van der Waals surface area (Å²) in [6.07, 6.45) is 0. The number of hydrogen-bond donors (Lipinski definition) is 2. The lowest BCUT2D eigenvalue weighted by molar-refractivity contribution is -0.132. The molecule has 3 amide bonds. The Labute approximate surface area is 122 Å². The van der Waals surface area contributed by atoms with Crippen LogP contribution in [0.15, 0.2) is 24.3 Å². The van der Waals surface area contributed by atoms with Crippen LogP contribution in [0.25, 0.3) is 0 Å². The van der Waals surface area contributed by atoms with Crippen molar-refractivity contribution < 1.29 is 14.0 Å². The number of carbonyl (C=O) groups excluding carboxylic acids is 2. The monoisotopic (exact) mass is 294 g/mol. The van der Waals surface area contributed by atoms with E-state index >= 15 is 0 Å². The van der Waals surface area contributed by atoms with Gasteiger partial charge in [0.05, 0.1) is 0 Å². The minimum atomic E-state index is -0.441. The van der Waals surface area contributed by atoms with Crippen molar-refractivity contribution in [1.29, 1.82) is 0 Å². The van der Waals surface area contributed by atoms with Crippen molar-refractivity contribution in [2.45, 2.75) is 0 Å². The van der Waals surface area contributed by atoms with E-state index in [1.54, 1.807) is 11.0 Å². The summed E-state index contributed by atoms with van der Waals surface area (Å²) in [6.45, 7) is 2.84. The maximum absolute atomic E-state index is 13.0. The van der Waals surface area contributed by atoms with E-state index in [-0.39, 0.29) is 12.5 Å². The summed E-state index contributed by atoms with van der Waals surface area (Å²) < 4.78 is 13.0. The molecule has 0 saturated carbocycles. The zero-order valence-corrected chi connectivity index (χ0v) is 11.9. The maximum atomic E-state index is 13.0. The first-order chi connectivity index (χ1) is 10.1. The zero-order valence-electron chi connectivity index (χ0n) is 11.9. The van der Waals surface area contributed by atoms with Gasteiger partial charge < -0.3 is 20.4 Å². The van der Waals surface area contributed by atoms with Gasteiger partial charge in [-0.05, 0) is 18.2 Å². The number of halogens is 1. The quantitative estimate of drug-likeness (QED) is 0.863. The number of hydrogen-bond acceptors (Lipinski definition) is 3. The molecule has 0 spiro atoms. The number of rotatable bonds is 3. The standard InChI is InChI=1S/C14H19FN4O2/c1-18(10-13(20)19-7-5-16-6-8-19)14(21)17-12-4-2-3-11(15)9-12/h2-4,9,16H,5-8,10H2,1H3,(H,17,21). The van der Waals surface area contributed by atoms with E-state index in [2.05, 4.69) is 10.6 Å². The molecule has 1 saturated heterocycles. The second-order valence-corrected chi connectivity index (χ2v) is 4.93. The highest BCUT2D eigenvalue weighted by Gasteiger charge is 2.19. The number of carbonyl (C=O) groups is 2. The molecule has 1 aromatic carbocycles. The normalized spacial score (nSPS) is 14.7. The molecule has 0 unspecified atom stereocenters. The van der Waals surface area contributed by atoms with Gasteiger partial charge in [0.2, 0.25) is 5.91 Å². The van der Waals surface area contributed by atoms with Gasteiger partial charge in [-0.15, -0.1) is 0 Å². The summed E-state index contributed by atoms with van der Waals surface area (Å²) in [5.41, 5.74) is 0.362. The molecule has 2 rings (SSSR count). The second kappa shape index (κ2) is 7.03. The third-order valence-corrected chi connectivity index (χ3v) is 3.26. The topological polar surface area (TPSA) is 64.7 Å². The van der Waals surface area contributed by atoms with Gasteiger partial charge in [0, 0.05) is 38.9 Å². The van der Waals surface area contributed by atoms with Crippen molar-refractivity contribution in [2.24, 2.45) is 0 Å². The van der Waals surface area contributed by atoms with Crippen LogP contribution in [0.2, 0.25) is 0 Å². The maximum Gasteiger partial charge on any atom is 0.322 e. The molecule has 0 atom stereocenters. The molecule has 7 heteroatoms. The largest absolute Gasteiger partial charge is 0.339 e. The summed E-state index contributed by atoms with van der Waals surface area (Å²) in [6, 6.07) is 5.19. The molecular formula is C14H19FN4O2. The van der Waals surface area contributed by atoms with E-state index in [1.807, 2.05) is 0 Å². The Hall–Kier alpha value is -2.15. The molecule has 1 aromatic rings. The predicted molar refractivity (Wildman–Crippen MR) is 77.5 cm³/mol. The van der Waals surface area contributed by atoms with Crippen LogP contribution < -0.4 is 10.6 Å². The summed E-state index contributed by atoms with van der Waals surface area (Å²) in [5.74, 6) is -0.513. The molecule has 0 radical (unpaired) electrons. The fourth-order valence-electron chi connectivity index (χ4n) is 2.07. The first kappa shape index (κ1) is 15.2. The van der Waals surface area contributed by atoms with Gasteiger partial charge in [-0.3, -0.25) is 4.79 Å². The Balaban J connectivity index is 1.85. The molecular weight excluding hydrogens is 275 g/mol. The fraction of sp³-hybridized carbons (Fsp3) is 0.429. The minimum absolute atomic E-state index is 0.00114. The van der Waals surface area contributed by atoms with Gasteiger partial charge >= 0.3 is 6.03 Å². The van der Waals surface area contributed by atoms with E-state index in [9.17, 15) is 14.0 Å². The summed E-state index contributed by atoms with van der Waals surface area (Å²) in [5, 5.41) is 5.72. The highest BCUT2D eigenvalue weighted by Crippen LogP contribution is 2.09. The number of likely N-dealkylation sites (N-methyl/N-ethyl adjacent to an activating group) is 1. The lowest BCUT2D eigenvalue weighted by Crippen LogP contribution is -2.50. The highest BCUT2D eigenvalue weighted by molar-refractivity contribution is 5.92. The molecule has 0 bridgehead atoms. The van der Waals surface area contributed by atoms with Gasteiger partial charge in [0.15, 0.2) is 0 Å². The fourth-order valence-corrected chi connectivity index (χ4v) is 2.07. The second-order valence-electron chi connectivity index (χ2n) is 4.93. The molecule has 0 aliphatic carbocycles. The summed E-state index contributed by atoms with van der Waals surface area (Å²) >= 11 is 0. The molecule has 2 N–H and O–H groups in total. The number of urea groups is 1. The first-order valence-corrected chi connectivity index (χ1v) is 6.82. The van der Waals surface area contributed by atoms with Crippen LogP contribution in [-0.4, -0.2) is 61.5 Å². The van der Waals surface area contributed by atoms with Crippen LogP contribution in [0.5, 0.6) is 0 Å². The molecule has 1 aliphatic rings. The first-order valence-electron chi connectivity index (χ1n) is 6.82. The average Bonchev–Trinajstić information content (AvgIpc) is 2.48. The van der Waals surface area contributed by atoms with Crippen LogP contribution in [-0.2, 0) is 4.79 Å². The van der Waals surface area contributed by atoms with Gasteiger partial charge in [-0.25, -0.2) is 9.18 Å². The van der Waals surface area contributed by atoms with E-state index in [4.69, 9.17) is 0 Å². The molecule has 1 heterocycles. The average molecular weight is 294 g/mol. The van der Waals surface area contributed by atoms with Crippen LogP contribution in [0.1, 0.15) is 0 Å². The third-order valence-electron chi connectivity index (χ3n) is 3.26. The van der Waals surface area contributed by atoms with E-state index in [1.165, 1.54) is 30.1 Å². The number of piperazine rings is 1. The van der Waals surface area contributed by atoms with Crippen molar-refractivity contribution >= 4 is 17.6 Å². The Morgan fingerprint density at radius 1 is 1.38 bits per heavy atom. The molecule has 114 valence electrons. The Bertz CT molecular complexity index is 517. The van der Waals surface area contributed by atoms with Crippen molar-refractivity contribution in [3.8, 4) is 0 Å². The Morgan fingerprint density at radius 3 is 2.76 bits per heavy atom. The smallest absolute Gasteiger partial charge is 0.322 e. The van der Waals surface area contributed by atoms with Gasteiger partial charge in [-0.2, -0.15) is 0 Å². The van der Waals surface area contributed by atoms with Crippen molar-refractivity contribution in [3.63, 3.8) is 0 Å². The van der Waals surface area contributed by atoms with Crippen molar-refractivity contribution in [1.82, 2.24) is 15.1 Å². The lowest BCUT2D eigenvalue weighted by Gasteiger charge is -2.29. The van der Waals surface area contributed by atoms with Crippen LogP contribution in [0.3, 0.4) is 0 Å². The zero-order chi connectivity index (χ0) is 15.2.